The molecule has 0 aliphatic rings. The van der Waals surface area contributed by atoms with E-state index < -0.39 is 0 Å². The van der Waals surface area contributed by atoms with Crippen LogP contribution >= 0.6 is 0 Å². The molecule has 0 saturated carbocycles. The number of nitrogens with one attached hydrogen (secondary N) is 1. The predicted octanol–water partition coefficient (Wildman–Crippen LogP) is 1.46. The van der Waals surface area contributed by atoms with Gasteiger partial charge in [0.15, 0.2) is 0 Å². The van der Waals surface area contributed by atoms with Crippen molar-refractivity contribution in [3.05, 3.63) is 17.7 Å². The Morgan fingerprint density at radius 1 is 1.50 bits per heavy atom. The number of imidazole rings is 1. The van der Waals surface area contributed by atoms with E-state index in [1.807, 2.05) is 0 Å². The van der Waals surface area contributed by atoms with Gasteiger partial charge in [-0.15, -0.1) is 0 Å². The van der Waals surface area contributed by atoms with Gasteiger partial charge in [0.25, 0.3) is 0 Å². The largest absolute Gasteiger partial charge is 0.345 e. The number of nitrogens with two attached hydrogens (primary N) is 1. The van der Waals surface area contributed by atoms with Crippen LogP contribution in [0.1, 0.15) is 32.3 Å². The molecular weight excluding hydrogens is 150 g/mol. The summed E-state index contributed by atoms with van der Waals surface area (Å²) in [5, 5.41) is 0. The maximum Gasteiger partial charge on any atom is 0.106 e. The summed E-state index contributed by atoms with van der Waals surface area (Å²) < 4.78 is 0. The standard InChI is InChI=1S/C9H17N3/c1-9(2,3)4-8-11-6-7(5-10)12-8/h6H,4-5,10H2,1-3H3,(H,11,12). The second-order valence-corrected chi connectivity index (χ2v) is 4.30. The molecule has 0 bridgehead atoms. The van der Waals surface area contributed by atoms with E-state index in [0.29, 0.717) is 6.54 Å². The minimum absolute atomic E-state index is 0.281. The van der Waals surface area contributed by atoms with Gasteiger partial charge in [-0.3, -0.25) is 0 Å². The van der Waals surface area contributed by atoms with Crippen LogP contribution in [-0.4, -0.2) is 9.97 Å². The lowest BCUT2D eigenvalue weighted by Crippen LogP contribution is -2.10. The molecule has 1 aromatic heterocycles. The third-order valence-electron chi connectivity index (χ3n) is 1.60. The Labute approximate surface area is 73.4 Å². The van der Waals surface area contributed by atoms with Gasteiger partial charge in [-0.1, -0.05) is 20.8 Å². The van der Waals surface area contributed by atoms with Gasteiger partial charge in [0.1, 0.15) is 5.82 Å². The van der Waals surface area contributed by atoms with Crippen LogP contribution in [0.15, 0.2) is 6.20 Å². The molecule has 68 valence electrons. The van der Waals surface area contributed by atoms with Gasteiger partial charge < -0.3 is 10.7 Å². The highest BCUT2D eigenvalue weighted by Crippen LogP contribution is 2.18. The maximum absolute atomic E-state index is 5.46. The topological polar surface area (TPSA) is 54.7 Å². The van der Waals surface area contributed by atoms with Crippen LogP contribution in [0.2, 0.25) is 0 Å². The SMILES string of the molecule is CC(C)(C)Cc1ncc(CN)[nH]1. The molecule has 0 amide bonds. The highest BCUT2D eigenvalue weighted by Gasteiger charge is 2.13. The predicted molar refractivity (Wildman–Crippen MR) is 49.6 cm³/mol. The molecule has 3 heteroatoms. The summed E-state index contributed by atoms with van der Waals surface area (Å²) in [4.78, 5) is 7.42. The smallest absolute Gasteiger partial charge is 0.106 e. The Morgan fingerprint density at radius 2 is 2.17 bits per heavy atom. The fourth-order valence-electron chi connectivity index (χ4n) is 1.10. The van der Waals surface area contributed by atoms with Crippen molar-refractivity contribution in [1.82, 2.24) is 9.97 Å². The summed E-state index contributed by atoms with van der Waals surface area (Å²) >= 11 is 0. The minimum Gasteiger partial charge on any atom is -0.345 e. The van der Waals surface area contributed by atoms with Crippen molar-refractivity contribution < 1.29 is 0 Å². The summed E-state index contributed by atoms with van der Waals surface area (Å²) in [6, 6.07) is 0. The van der Waals surface area contributed by atoms with Gasteiger partial charge in [-0.05, 0) is 5.41 Å². The number of hydrogen-bond donors (Lipinski definition) is 2. The van der Waals surface area contributed by atoms with Crippen molar-refractivity contribution in [3.63, 3.8) is 0 Å². The fourth-order valence-corrected chi connectivity index (χ4v) is 1.10. The molecule has 0 unspecified atom stereocenters. The maximum atomic E-state index is 5.46. The summed E-state index contributed by atoms with van der Waals surface area (Å²) in [6.45, 7) is 7.12. The van der Waals surface area contributed by atoms with Gasteiger partial charge in [-0.25, -0.2) is 4.98 Å². The van der Waals surface area contributed by atoms with Gasteiger partial charge in [-0.2, -0.15) is 0 Å². The number of rotatable bonds is 2. The molecule has 0 atom stereocenters. The van der Waals surface area contributed by atoms with E-state index >= 15 is 0 Å². The lowest BCUT2D eigenvalue weighted by Gasteiger charge is -2.15. The first-order valence-corrected chi connectivity index (χ1v) is 4.24. The van der Waals surface area contributed by atoms with E-state index in [-0.39, 0.29) is 5.41 Å². The monoisotopic (exact) mass is 167 g/mol. The molecule has 1 aromatic rings. The van der Waals surface area contributed by atoms with Crippen LogP contribution < -0.4 is 5.73 Å². The van der Waals surface area contributed by atoms with Crippen molar-refractivity contribution in [3.8, 4) is 0 Å². The Kier molecular flexibility index (Phi) is 2.52. The lowest BCUT2D eigenvalue weighted by molar-refractivity contribution is 0.402. The summed E-state index contributed by atoms with van der Waals surface area (Å²) in [5.41, 5.74) is 6.75. The van der Waals surface area contributed by atoms with Gasteiger partial charge >= 0.3 is 0 Å². The quantitative estimate of drug-likeness (QED) is 0.700. The number of nitrogens with zero attached hydrogens (tertiary/aromatic N) is 1. The van der Waals surface area contributed by atoms with Gasteiger partial charge in [0.05, 0.1) is 0 Å². The highest BCUT2D eigenvalue weighted by atomic mass is 14.9. The van der Waals surface area contributed by atoms with Gasteiger partial charge in [0.2, 0.25) is 0 Å². The zero-order valence-electron chi connectivity index (χ0n) is 8.02. The number of hydrogen-bond acceptors (Lipinski definition) is 2. The molecule has 0 aliphatic carbocycles. The van der Waals surface area contributed by atoms with Crippen LogP contribution in [0.4, 0.5) is 0 Å². The number of aromatic nitrogens is 2. The second-order valence-electron chi connectivity index (χ2n) is 4.30. The Morgan fingerprint density at radius 3 is 2.58 bits per heavy atom. The normalized spacial score (nSPS) is 12.0. The van der Waals surface area contributed by atoms with Crippen molar-refractivity contribution >= 4 is 0 Å². The van der Waals surface area contributed by atoms with Crippen molar-refractivity contribution in [2.75, 3.05) is 0 Å². The summed E-state index contributed by atoms with van der Waals surface area (Å²) in [6.07, 6.45) is 2.77. The van der Waals surface area contributed by atoms with Crippen molar-refractivity contribution in [1.29, 1.82) is 0 Å². The average molecular weight is 167 g/mol. The molecule has 12 heavy (non-hydrogen) atoms. The van der Waals surface area contributed by atoms with E-state index in [1.54, 1.807) is 6.20 Å². The molecule has 0 aromatic carbocycles. The first-order chi connectivity index (χ1) is 5.51. The lowest BCUT2D eigenvalue weighted by atomic mass is 9.92. The molecule has 0 saturated heterocycles. The Bertz CT molecular complexity index is 245. The molecule has 0 radical (unpaired) electrons. The minimum atomic E-state index is 0.281. The molecule has 3 N–H and O–H groups in total. The molecular formula is C9H17N3. The first kappa shape index (κ1) is 9.26. The van der Waals surface area contributed by atoms with E-state index in [0.717, 1.165) is 17.9 Å². The van der Waals surface area contributed by atoms with E-state index in [2.05, 4.69) is 30.7 Å². The molecule has 1 rings (SSSR count). The highest BCUT2D eigenvalue weighted by molar-refractivity contribution is 5.01. The molecule has 0 aliphatic heterocycles. The summed E-state index contributed by atoms with van der Waals surface area (Å²) in [5.74, 6) is 1.03. The zero-order chi connectivity index (χ0) is 9.19. The molecule has 0 fully saturated rings. The van der Waals surface area contributed by atoms with Crippen LogP contribution in [0, 0.1) is 5.41 Å². The second kappa shape index (κ2) is 3.27. The van der Waals surface area contributed by atoms with E-state index in [4.69, 9.17) is 5.73 Å². The summed E-state index contributed by atoms with van der Waals surface area (Å²) in [7, 11) is 0. The van der Waals surface area contributed by atoms with E-state index in [9.17, 15) is 0 Å². The van der Waals surface area contributed by atoms with Gasteiger partial charge in [0, 0.05) is 24.9 Å². The average Bonchev–Trinajstić information content (AvgIpc) is 2.32. The first-order valence-electron chi connectivity index (χ1n) is 4.24. The van der Waals surface area contributed by atoms with Crippen LogP contribution in [0.5, 0.6) is 0 Å². The van der Waals surface area contributed by atoms with Crippen LogP contribution in [0.3, 0.4) is 0 Å². The van der Waals surface area contributed by atoms with Crippen molar-refractivity contribution in [2.24, 2.45) is 11.1 Å². The van der Waals surface area contributed by atoms with Crippen LogP contribution in [-0.2, 0) is 13.0 Å². The third-order valence-corrected chi connectivity index (χ3v) is 1.60. The Hall–Kier alpha value is -0.830. The number of H-pyrrole nitrogens is 1. The molecule has 3 nitrogen and oxygen atoms in total. The number of aromatic amines is 1. The van der Waals surface area contributed by atoms with E-state index in [1.165, 1.54) is 0 Å². The molecule has 0 spiro atoms. The third kappa shape index (κ3) is 2.66. The van der Waals surface area contributed by atoms with Crippen LogP contribution in [0.25, 0.3) is 0 Å². The molecule has 1 heterocycles. The fraction of sp³-hybridized carbons (Fsp3) is 0.667. The van der Waals surface area contributed by atoms with Crippen molar-refractivity contribution in [2.45, 2.75) is 33.7 Å². The zero-order valence-corrected chi connectivity index (χ0v) is 8.02. The Balaban J connectivity index is 2.64.